The van der Waals surface area contributed by atoms with Gasteiger partial charge in [0.25, 0.3) is 0 Å². The molecule has 0 aromatic heterocycles. The van der Waals surface area contributed by atoms with E-state index in [9.17, 15) is 13.2 Å². The summed E-state index contributed by atoms with van der Waals surface area (Å²) in [5.74, 6) is 2.10. The molecule has 156 valence electrons. The summed E-state index contributed by atoms with van der Waals surface area (Å²) >= 11 is 0. The topological polar surface area (TPSA) is 64.1 Å². The van der Waals surface area contributed by atoms with Crippen LogP contribution in [-0.4, -0.2) is 39.0 Å². The molecule has 3 rings (SSSR count). The Kier molecular flexibility index (Phi) is 6.69. The van der Waals surface area contributed by atoms with Crippen molar-refractivity contribution in [1.29, 1.82) is 0 Å². The second-order valence-corrected chi connectivity index (χ2v) is 6.31. The van der Waals surface area contributed by atoms with Crippen LogP contribution in [0.2, 0.25) is 0 Å². The highest BCUT2D eigenvalue weighted by Crippen LogP contribution is 2.32. The maximum atomic E-state index is 12.2. The van der Waals surface area contributed by atoms with Gasteiger partial charge in [-0.3, -0.25) is 4.99 Å². The summed E-state index contributed by atoms with van der Waals surface area (Å²) in [5.41, 5.74) is 1.66. The van der Waals surface area contributed by atoms with Gasteiger partial charge in [0.2, 0.25) is 0 Å². The molecule has 0 fully saturated rings. The van der Waals surface area contributed by atoms with Crippen molar-refractivity contribution in [3.63, 3.8) is 0 Å². The zero-order valence-corrected chi connectivity index (χ0v) is 15.9. The molecule has 0 bridgehead atoms. The van der Waals surface area contributed by atoms with Crippen molar-refractivity contribution in [2.45, 2.75) is 19.1 Å². The van der Waals surface area contributed by atoms with E-state index < -0.39 is 12.8 Å². The Morgan fingerprint density at radius 2 is 1.79 bits per heavy atom. The van der Waals surface area contributed by atoms with E-state index >= 15 is 0 Å². The molecule has 0 radical (unpaired) electrons. The number of hydrogen-bond acceptors (Lipinski definition) is 4. The monoisotopic (exact) mass is 409 g/mol. The van der Waals surface area contributed by atoms with Crippen molar-refractivity contribution in [2.24, 2.45) is 4.99 Å². The van der Waals surface area contributed by atoms with Crippen molar-refractivity contribution < 1.29 is 27.4 Å². The third-order valence-electron chi connectivity index (χ3n) is 4.02. The van der Waals surface area contributed by atoms with Crippen LogP contribution in [0.3, 0.4) is 0 Å². The summed E-state index contributed by atoms with van der Waals surface area (Å²) in [6.45, 7) is 0.357. The van der Waals surface area contributed by atoms with Gasteiger partial charge < -0.3 is 24.8 Å². The Labute approximate surface area is 166 Å². The van der Waals surface area contributed by atoms with Crippen LogP contribution >= 0.6 is 0 Å². The number of nitrogens with zero attached hydrogens (tertiary/aromatic N) is 1. The van der Waals surface area contributed by atoms with Gasteiger partial charge in [-0.15, -0.1) is 0 Å². The highest BCUT2D eigenvalue weighted by Gasteiger charge is 2.28. The Bertz CT molecular complexity index is 839. The molecule has 9 heteroatoms. The summed E-state index contributed by atoms with van der Waals surface area (Å²) in [4.78, 5) is 4.18. The molecule has 1 heterocycles. The number of guanidine groups is 1. The summed E-state index contributed by atoms with van der Waals surface area (Å²) in [6, 6.07) is 12.0. The number of anilines is 1. The molecule has 0 atom stereocenters. The molecule has 0 spiro atoms. The van der Waals surface area contributed by atoms with E-state index in [1.807, 2.05) is 18.2 Å². The second-order valence-electron chi connectivity index (χ2n) is 6.31. The first kappa shape index (κ1) is 20.6. The summed E-state index contributed by atoms with van der Waals surface area (Å²) in [6.07, 6.45) is -3.52. The molecule has 0 aliphatic carbocycles. The van der Waals surface area contributed by atoms with Gasteiger partial charge in [-0.2, -0.15) is 13.2 Å². The van der Waals surface area contributed by atoms with Crippen molar-refractivity contribution in [3.8, 4) is 17.2 Å². The van der Waals surface area contributed by atoms with Crippen molar-refractivity contribution >= 4 is 11.6 Å². The average Bonchev–Trinajstić information content (AvgIpc) is 2.94. The number of halogens is 3. The minimum Gasteiger partial charge on any atom is -0.490 e. The number of aliphatic imine (C=N–C) groups is 1. The number of benzene rings is 2. The van der Waals surface area contributed by atoms with Gasteiger partial charge in [0, 0.05) is 31.8 Å². The lowest BCUT2D eigenvalue weighted by molar-refractivity contribution is -0.153. The van der Waals surface area contributed by atoms with Gasteiger partial charge in [-0.1, -0.05) is 12.1 Å². The minimum absolute atomic E-state index is 0.167. The first-order chi connectivity index (χ1) is 13.9. The highest BCUT2D eigenvalue weighted by atomic mass is 19.4. The first-order valence-corrected chi connectivity index (χ1v) is 9.09. The standard InChI is InChI=1S/C20H22F3N3O3/c1-24-19(26-15-5-8-17-18(11-15)28-10-2-9-27-17)25-12-14-3-6-16(7-4-14)29-13-20(21,22)23/h3-8,11H,2,9-10,12-13H2,1H3,(H2,24,25,26). The molecule has 0 saturated carbocycles. The van der Waals surface area contributed by atoms with Gasteiger partial charge in [-0.25, -0.2) is 0 Å². The van der Waals surface area contributed by atoms with Crippen LogP contribution in [0.15, 0.2) is 47.5 Å². The quantitative estimate of drug-likeness (QED) is 0.578. The lowest BCUT2D eigenvalue weighted by atomic mass is 10.2. The number of fused-ring (bicyclic) bond motifs is 1. The van der Waals surface area contributed by atoms with Crippen LogP contribution in [0, 0.1) is 0 Å². The van der Waals surface area contributed by atoms with E-state index in [-0.39, 0.29) is 5.75 Å². The van der Waals surface area contributed by atoms with Crippen molar-refractivity contribution in [3.05, 3.63) is 48.0 Å². The number of hydrogen-bond donors (Lipinski definition) is 2. The molecule has 1 aliphatic heterocycles. The summed E-state index contributed by atoms with van der Waals surface area (Å²) in [7, 11) is 1.65. The first-order valence-electron chi connectivity index (χ1n) is 9.09. The molecule has 0 amide bonds. The molecule has 2 aromatic rings. The zero-order valence-electron chi connectivity index (χ0n) is 15.9. The normalized spacial score (nSPS) is 14.1. The molecule has 1 aliphatic rings. The molecule has 2 N–H and O–H groups in total. The van der Waals surface area contributed by atoms with Crippen LogP contribution in [0.25, 0.3) is 0 Å². The van der Waals surface area contributed by atoms with Crippen LogP contribution in [0.1, 0.15) is 12.0 Å². The fourth-order valence-corrected chi connectivity index (χ4v) is 2.61. The largest absolute Gasteiger partial charge is 0.490 e. The highest BCUT2D eigenvalue weighted by molar-refractivity contribution is 5.93. The van der Waals surface area contributed by atoms with Crippen LogP contribution < -0.4 is 24.8 Å². The zero-order chi connectivity index (χ0) is 20.7. The van der Waals surface area contributed by atoms with Crippen LogP contribution in [0.5, 0.6) is 17.2 Å². The van der Waals surface area contributed by atoms with Gasteiger partial charge in [-0.05, 0) is 29.8 Å². The fraction of sp³-hybridized carbons (Fsp3) is 0.350. The van der Waals surface area contributed by atoms with E-state index in [4.69, 9.17) is 14.2 Å². The Morgan fingerprint density at radius 1 is 1.07 bits per heavy atom. The lowest BCUT2D eigenvalue weighted by Gasteiger charge is -2.14. The predicted octanol–water partition coefficient (Wildman–Crippen LogP) is 3.98. The number of rotatable bonds is 5. The lowest BCUT2D eigenvalue weighted by Crippen LogP contribution is -2.30. The summed E-state index contributed by atoms with van der Waals surface area (Å²) in [5, 5.41) is 6.32. The molecular formula is C20H22F3N3O3. The maximum absolute atomic E-state index is 12.2. The molecular weight excluding hydrogens is 387 g/mol. The number of alkyl halides is 3. The molecule has 2 aromatic carbocycles. The average molecular weight is 409 g/mol. The third kappa shape index (κ3) is 6.48. The molecule has 0 saturated heterocycles. The van der Waals surface area contributed by atoms with Gasteiger partial charge in [0.15, 0.2) is 24.1 Å². The van der Waals surface area contributed by atoms with E-state index in [2.05, 4.69) is 15.6 Å². The smallest absolute Gasteiger partial charge is 0.422 e. The molecule has 0 unspecified atom stereocenters. The Hall–Kier alpha value is -3.10. The second kappa shape index (κ2) is 9.40. The van der Waals surface area contributed by atoms with E-state index in [1.54, 1.807) is 19.2 Å². The Morgan fingerprint density at radius 3 is 2.48 bits per heavy atom. The van der Waals surface area contributed by atoms with Gasteiger partial charge in [0.1, 0.15) is 5.75 Å². The molecule has 6 nitrogen and oxygen atoms in total. The molecule has 29 heavy (non-hydrogen) atoms. The fourth-order valence-electron chi connectivity index (χ4n) is 2.61. The van der Waals surface area contributed by atoms with Gasteiger partial charge in [0.05, 0.1) is 13.2 Å². The van der Waals surface area contributed by atoms with Crippen molar-refractivity contribution in [2.75, 3.05) is 32.2 Å². The maximum Gasteiger partial charge on any atom is 0.422 e. The van der Waals surface area contributed by atoms with Crippen molar-refractivity contribution in [1.82, 2.24) is 5.32 Å². The third-order valence-corrected chi connectivity index (χ3v) is 4.02. The van der Waals surface area contributed by atoms with E-state index in [1.165, 1.54) is 12.1 Å². The van der Waals surface area contributed by atoms with E-state index in [0.29, 0.717) is 37.2 Å². The van der Waals surface area contributed by atoms with Crippen LogP contribution in [-0.2, 0) is 6.54 Å². The minimum atomic E-state index is -4.36. The Balaban J connectivity index is 1.53. The summed E-state index contributed by atoms with van der Waals surface area (Å²) < 4.78 is 52.6. The number of ether oxygens (including phenoxy) is 3. The SMILES string of the molecule is CN=C(NCc1ccc(OCC(F)(F)F)cc1)Nc1ccc2c(c1)OCCCO2. The van der Waals surface area contributed by atoms with Crippen LogP contribution in [0.4, 0.5) is 18.9 Å². The number of nitrogens with one attached hydrogen (secondary N) is 2. The van der Waals surface area contributed by atoms with Gasteiger partial charge >= 0.3 is 6.18 Å². The van der Waals surface area contributed by atoms with E-state index in [0.717, 1.165) is 17.7 Å². The predicted molar refractivity (Wildman–Crippen MR) is 104 cm³/mol.